The number of aliphatic hydroxyl groups is 1. The van der Waals surface area contributed by atoms with Crippen molar-refractivity contribution >= 4 is 46.4 Å². The lowest BCUT2D eigenvalue weighted by Crippen LogP contribution is -2.75. The molecule has 3 N–H and O–H groups in total. The molecule has 0 saturated carbocycles. The van der Waals surface area contributed by atoms with E-state index in [9.17, 15) is 24.3 Å². The van der Waals surface area contributed by atoms with Crippen molar-refractivity contribution in [3.8, 4) is 0 Å². The number of nitrogens with one attached hydrogen (secondary N) is 2. The van der Waals surface area contributed by atoms with Gasteiger partial charge in [-0.25, -0.2) is 14.0 Å². The molecule has 4 atom stereocenters. The van der Waals surface area contributed by atoms with Gasteiger partial charge in [0.2, 0.25) is 17.4 Å². The van der Waals surface area contributed by atoms with Crippen molar-refractivity contribution < 1.29 is 42.7 Å². The molecule has 0 radical (unpaired) electrons. The highest BCUT2D eigenvalue weighted by atomic mass is 19.1. The van der Waals surface area contributed by atoms with Gasteiger partial charge in [-0.3, -0.25) is 25.1 Å². The molecule has 13 nitrogen and oxygen atoms in total. The number of urea groups is 1. The van der Waals surface area contributed by atoms with Crippen LogP contribution < -0.4 is 20.4 Å². The van der Waals surface area contributed by atoms with Gasteiger partial charge in [-0.1, -0.05) is 5.16 Å². The summed E-state index contributed by atoms with van der Waals surface area (Å²) in [5.41, 5.74) is -1.51. The third-order valence-corrected chi connectivity index (χ3v) is 7.83. The first kappa shape index (κ1) is 24.6. The summed E-state index contributed by atoms with van der Waals surface area (Å²) in [7, 11) is 0. The Labute approximate surface area is 215 Å². The summed E-state index contributed by atoms with van der Waals surface area (Å²) in [6.07, 6.45) is -1.09. The zero-order valence-electron chi connectivity index (χ0n) is 20.7. The average Bonchev–Trinajstić information content (AvgIpc) is 3.43. The topological polar surface area (TPSA) is 164 Å². The van der Waals surface area contributed by atoms with E-state index >= 15 is 4.39 Å². The third-order valence-electron chi connectivity index (χ3n) is 7.83. The average molecular weight is 531 g/mol. The van der Waals surface area contributed by atoms with Gasteiger partial charge in [0.15, 0.2) is 17.1 Å². The first-order chi connectivity index (χ1) is 18.2. The summed E-state index contributed by atoms with van der Waals surface area (Å²) in [5, 5.41) is 17.8. The van der Waals surface area contributed by atoms with Gasteiger partial charge in [0.1, 0.15) is 6.61 Å². The number of rotatable bonds is 4. The van der Waals surface area contributed by atoms with Gasteiger partial charge in [-0.15, -0.1) is 0 Å². The first-order valence-electron chi connectivity index (χ1n) is 12.4. The normalized spacial score (nSPS) is 28.3. The standard InChI is InChI=1S/C24H26FN5O8/c1-10-8-29-16-12(7-24(18(29)11(2)37-10)20(32)26-22(34)27-21(24)33)6-14-17(15(16)25)38-28-19(14)30-13(4-3-5-31)9-36-23(30)35/h6,10-11,13,18,31H,3-5,7-9H2,1-2H3,(H2,26,27,32,33,34)/t10-,11+,13+,18-/m1/s1. The van der Waals surface area contributed by atoms with E-state index in [1.54, 1.807) is 24.8 Å². The largest absolute Gasteiger partial charge is 0.447 e. The fourth-order valence-corrected chi connectivity index (χ4v) is 6.37. The lowest BCUT2D eigenvalue weighted by molar-refractivity contribution is -0.153. The molecule has 5 heterocycles. The lowest BCUT2D eigenvalue weighted by atomic mass is 9.66. The van der Waals surface area contributed by atoms with Crippen LogP contribution in [0.3, 0.4) is 0 Å². The number of morpholine rings is 1. The van der Waals surface area contributed by atoms with E-state index < -0.39 is 53.4 Å². The Morgan fingerprint density at radius 3 is 2.66 bits per heavy atom. The van der Waals surface area contributed by atoms with Crippen LogP contribution in [-0.4, -0.2) is 78.3 Å². The fourth-order valence-electron chi connectivity index (χ4n) is 6.37. The monoisotopic (exact) mass is 531 g/mol. The number of barbiturate groups is 1. The van der Waals surface area contributed by atoms with Crippen LogP contribution in [-0.2, 0) is 25.5 Å². The summed E-state index contributed by atoms with van der Waals surface area (Å²) in [5.74, 6) is -2.30. The van der Waals surface area contributed by atoms with Gasteiger partial charge in [-0.05, 0) is 38.3 Å². The molecule has 3 saturated heterocycles. The summed E-state index contributed by atoms with van der Waals surface area (Å²) >= 11 is 0. The van der Waals surface area contributed by atoms with E-state index in [0.29, 0.717) is 18.4 Å². The summed E-state index contributed by atoms with van der Waals surface area (Å²) < 4.78 is 32.8. The molecule has 5 amide bonds. The van der Waals surface area contributed by atoms with Crippen molar-refractivity contribution in [2.45, 2.75) is 57.4 Å². The van der Waals surface area contributed by atoms with Gasteiger partial charge in [0.25, 0.3) is 0 Å². The van der Waals surface area contributed by atoms with E-state index in [1.165, 1.54) is 4.90 Å². The van der Waals surface area contributed by atoms with Crippen molar-refractivity contribution in [3.05, 3.63) is 17.4 Å². The van der Waals surface area contributed by atoms with E-state index in [-0.39, 0.29) is 54.8 Å². The SMILES string of the molecule is C[C@@H]1CN2c3c(cc4c(N5C(=O)OC[C@@H]5CCCO)noc4c3F)CC3(C(=O)NC(=O)NC3=O)[C@H]2[C@H](C)O1. The second-order valence-electron chi connectivity index (χ2n) is 10.2. The number of aliphatic hydroxyl groups excluding tert-OH is 1. The predicted molar refractivity (Wildman–Crippen MR) is 127 cm³/mol. The van der Waals surface area contributed by atoms with E-state index in [0.717, 1.165) is 0 Å². The maximum atomic E-state index is 16.2. The number of carbonyl (C=O) groups excluding carboxylic acids is 4. The smallest absolute Gasteiger partial charge is 0.416 e. The minimum Gasteiger partial charge on any atom is -0.447 e. The van der Waals surface area contributed by atoms with Crippen molar-refractivity contribution in [2.24, 2.45) is 5.41 Å². The van der Waals surface area contributed by atoms with E-state index in [2.05, 4.69) is 15.8 Å². The molecular formula is C24H26FN5O8. The Morgan fingerprint density at radius 1 is 1.21 bits per heavy atom. The van der Waals surface area contributed by atoms with Crippen LogP contribution in [0.5, 0.6) is 0 Å². The number of hydrogen-bond donors (Lipinski definition) is 3. The molecule has 3 fully saturated rings. The zero-order valence-corrected chi connectivity index (χ0v) is 20.7. The molecule has 1 spiro atoms. The Balaban J connectivity index is 1.53. The number of carbonyl (C=O) groups is 4. The second kappa shape index (κ2) is 8.63. The molecular weight excluding hydrogens is 505 g/mol. The minimum atomic E-state index is -1.78. The molecule has 2 aromatic rings. The first-order valence-corrected chi connectivity index (χ1v) is 12.4. The highest BCUT2D eigenvalue weighted by Gasteiger charge is 2.63. The molecule has 14 heteroatoms. The molecule has 4 aliphatic heterocycles. The number of nitrogens with zero attached hydrogens (tertiary/aromatic N) is 3. The molecule has 1 aromatic carbocycles. The summed E-state index contributed by atoms with van der Waals surface area (Å²) in [6, 6.07) is -0.719. The Kier molecular flexibility index (Phi) is 5.57. The number of ether oxygens (including phenoxy) is 2. The van der Waals surface area contributed by atoms with Crippen LogP contribution in [0.15, 0.2) is 10.6 Å². The van der Waals surface area contributed by atoms with Crippen LogP contribution in [0.2, 0.25) is 0 Å². The van der Waals surface area contributed by atoms with Crippen LogP contribution in [0.1, 0.15) is 32.3 Å². The molecule has 38 heavy (non-hydrogen) atoms. The van der Waals surface area contributed by atoms with Gasteiger partial charge in [-0.2, -0.15) is 0 Å². The molecule has 0 bridgehead atoms. The number of amides is 5. The highest BCUT2D eigenvalue weighted by molar-refractivity contribution is 6.20. The zero-order chi connectivity index (χ0) is 26.9. The summed E-state index contributed by atoms with van der Waals surface area (Å²) in [4.78, 5) is 54.1. The molecule has 6 rings (SSSR count). The fraction of sp³-hybridized carbons (Fsp3) is 0.542. The molecule has 4 aliphatic rings. The Morgan fingerprint density at radius 2 is 1.95 bits per heavy atom. The second-order valence-corrected chi connectivity index (χ2v) is 10.2. The van der Waals surface area contributed by atoms with Crippen LogP contribution in [0, 0.1) is 11.2 Å². The number of aromatic nitrogens is 1. The number of imide groups is 2. The maximum Gasteiger partial charge on any atom is 0.416 e. The Hall–Kier alpha value is -3.78. The molecule has 0 unspecified atom stereocenters. The maximum absolute atomic E-state index is 16.2. The number of benzene rings is 1. The lowest BCUT2D eigenvalue weighted by Gasteiger charge is -2.55. The molecule has 202 valence electrons. The van der Waals surface area contributed by atoms with Gasteiger partial charge >= 0.3 is 12.1 Å². The van der Waals surface area contributed by atoms with Crippen molar-refractivity contribution in [1.29, 1.82) is 0 Å². The predicted octanol–water partition coefficient (Wildman–Crippen LogP) is 0.955. The van der Waals surface area contributed by atoms with E-state index in [4.69, 9.17) is 14.0 Å². The Bertz CT molecular complexity index is 1360. The quantitative estimate of drug-likeness (QED) is 0.484. The third kappa shape index (κ3) is 3.32. The number of halogens is 1. The summed E-state index contributed by atoms with van der Waals surface area (Å²) in [6.45, 7) is 3.66. The highest BCUT2D eigenvalue weighted by Crippen LogP contribution is 2.50. The van der Waals surface area contributed by atoms with Gasteiger partial charge in [0.05, 0.1) is 35.4 Å². The van der Waals surface area contributed by atoms with Crippen molar-refractivity contribution in [2.75, 3.05) is 29.6 Å². The van der Waals surface area contributed by atoms with Gasteiger partial charge in [0, 0.05) is 19.6 Å². The van der Waals surface area contributed by atoms with Crippen molar-refractivity contribution in [1.82, 2.24) is 15.8 Å². The van der Waals surface area contributed by atoms with Crippen LogP contribution >= 0.6 is 0 Å². The number of fused-ring (bicyclic) bond motifs is 5. The molecule has 1 aromatic heterocycles. The number of cyclic esters (lactones) is 1. The molecule has 0 aliphatic carbocycles. The minimum absolute atomic E-state index is 0.0414. The van der Waals surface area contributed by atoms with Crippen molar-refractivity contribution in [3.63, 3.8) is 0 Å². The van der Waals surface area contributed by atoms with Crippen LogP contribution in [0.4, 0.5) is 25.5 Å². The number of hydrogen-bond acceptors (Lipinski definition) is 10. The van der Waals surface area contributed by atoms with E-state index in [1.807, 2.05) is 0 Å². The van der Waals surface area contributed by atoms with Crippen LogP contribution in [0.25, 0.3) is 11.0 Å². The number of anilines is 2. The van der Waals surface area contributed by atoms with Gasteiger partial charge < -0.3 is 24.0 Å².